The van der Waals surface area contributed by atoms with E-state index in [-0.39, 0.29) is 35.3 Å². The zero-order chi connectivity index (χ0) is 44.9. The van der Waals surface area contributed by atoms with Gasteiger partial charge in [-0.15, -0.1) is 0 Å². The second kappa shape index (κ2) is 16.5. The fraction of sp³-hybridized carbons (Fsp3) is 0.447. The molecular weight excluding hydrogens is 803 g/mol. The van der Waals surface area contributed by atoms with Crippen LogP contribution < -0.4 is 5.32 Å². The van der Waals surface area contributed by atoms with Crippen molar-refractivity contribution in [1.29, 1.82) is 0 Å². The maximum Gasteiger partial charge on any atom is 0.338 e. The first-order valence-corrected chi connectivity index (χ1v) is 20.5. The second-order valence-electron chi connectivity index (χ2n) is 17.4. The molecule has 1 saturated heterocycles. The van der Waals surface area contributed by atoms with Crippen molar-refractivity contribution >= 4 is 35.6 Å². The van der Waals surface area contributed by atoms with Gasteiger partial charge in [0.1, 0.15) is 23.9 Å². The average molecular weight is 854 g/mol. The number of nitrogens with one attached hydrogen (secondary N) is 1. The third-order valence-corrected chi connectivity index (χ3v) is 13.5. The molecule has 4 aliphatic rings. The van der Waals surface area contributed by atoms with E-state index < -0.39 is 113 Å². The van der Waals surface area contributed by atoms with E-state index in [2.05, 4.69) is 5.32 Å². The quantitative estimate of drug-likeness (QED) is 0.130. The highest BCUT2D eigenvalue weighted by Crippen LogP contribution is 2.64. The van der Waals surface area contributed by atoms with E-state index >= 15 is 4.79 Å². The van der Waals surface area contributed by atoms with Gasteiger partial charge in [0, 0.05) is 37.7 Å². The van der Waals surface area contributed by atoms with Crippen LogP contribution in [-0.4, -0.2) is 105 Å². The summed E-state index contributed by atoms with van der Waals surface area (Å²) in [6.45, 7) is 7.97. The molecule has 328 valence electrons. The van der Waals surface area contributed by atoms with Crippen molar-refractivity contribution in [2.45, 2.75) is 108 Å². The van der Waals surface area contributed by atoms with E-state index in [0.29, 0.717) is 5.56 Å². The zero-order valence-corrected chi connectivity index (χ0v) is 35.2. The van der Waals surface area contributed by atoms with Gasteiger partial charge >= 0.3 is 23.9 Å². The first-order chi connectivity index (χ1) is 29.3. The van der Waals surface area contributed by atoms with Crippen LogP contribution in [0.4, 0.5) is 0 Å². The average Bonchev–Trinajstić information content (AvgIpc) is 3.24. The smallest absolute Gasteiger partial charge is 0.338 e. The predicted molar refractivity (Wildman–Crippen MR) is 218 cm³/mol. The molecule has 15 nitrogen and oxygen atoms in total. The summed E-state index contributed by atoms with van der Waals surface area (Å²) < 4.78 is 30.3. The lowest BCUT2D eigenvalue weighted by molar-refractivity contribution is -0.346. The molecule has 3 aromatic rings. The summed E-state index contributed by atoms with van der Waals surface area (Å²) in [5.41, 5.74) is -7.02. The van der Waals surface area contributed by atoms with Crippen molar-refractivity contribution in [3.05, 3.63) is 119 Å². The van der Waals surface area contributed by atoms with Gasteiger partial charge in [-0.3, -0.25) is 19.2 Å². The summed E-state index contributed by atoms with van der Waals surface area (Å²) in [5.74, 6) is -6.84. The highest BCUT2D eigenvalue weighted by molar-refractivity contribution is 5.96. The van der Waals surface area contributed by atoms with Gasteiger partial charge in [-0.1, -0.05) is 80.6 Å². The standard InChI is InChI=1S/C47H51NO14/c1-25-31(60-43(56)36(52)35(28-16-10-7-11-17-28)48-41(54)29-18-12-8-13-19-29)23-47(57)40(61-42(55)30-20-14-9-15-21-30)38-45(6,32(51)22-33-46(38,24-58-33)62-27(3)50)39(53)37(59-26(2)49)34(25)44(47,4)5/h7-21,31-33,35-38,40,51-52,57H,22-24H2,1-6H3,(H,48,54)/t31?,32?,33?,35?,36?,37?,38?,40?,45-,46-,47+/m0/s1. The number of esters is 4. The van der Waals surface area contributed by atoms with Crippen LogP contribution >= 0.6 is 0 Å². The van der Waals surface area contributed by atoms with E-state index in [0.717, 1.165) is 13.8 Å². The molecule has 4 N–H and O–H groups in total. The molecule has 0 spiro atoms. The fourth-order valence-corrected chi connectivity index (χ4v) is 10.2. The molecule has 7 rings (SSSR count). The van der Waals surface area contributed by atoms with Crippen molar-refractivity contribution in [3.63, 3.8) is 0 Å². The van der Waals surface area contributed by atoms with Gasteiger partial charge in [0.25, 0.3) is 5.91 Å². The van der Waals surface area contributed by atoms with Crippen LogP contribution in [0, 0.1) is 16.7 Å². The minimum absolute atomic E-state index is 0.00289. The zero-order valence-electron chi connectivity index (χ0n) is 35.2. The molecule has 0 radical (unpaired) electrons. The van der Waals surface area contributed by atoms with Gasteiger partial charge in [0.15, 0.2) is 23.6 Å². The Morgan fingerprint density at radius 1 is 0.823 bits per heavy atom. The summed E-state index contributed by atoms with van der Waals surface area (Å²) in [7, 11) is 0. The third-order valence-electron chi connectivity index (χ3n) is 13.5. The molecular formula is C47H51NO14. The number of ketones is 1. The van der Waals surface area contributed by atoms with Crippen LogP contribution in [0.25, 0.3) is 0 Å². The largest absolute Gasteiger partial charge is 0.456 e. The lowest BCUT2D eigenvalue weighted by Gasteiger charge is -2.67. The molecule has 2 saturated carbocycles. The number of rotatable bonds is 10. The van der Waals surface area contributed by atoms with Gasteiger partial charge in [-0.05, 0) is 54.8 Å². The van der Waals surface area contributed by atoms with E-state index in [9.17, 15) is 39.3 Å². The van der Waals surface area contributed by atoms with Crippen molar-refractivity contribution in [1.82, 2.24) is 5.32 Å². The lowest BCUT2D eigenvalue weighted by Crippen LogP contribution is -2.82. The van der Waals surface area contributed by atoms with Gasteiger partial charge in [0.2, 0.25) is 0 Å². The summed E-state index contributed by atoms with van der Waals surface area (Å²) in [6.07, 6.45) is -10.5. The number of carbonyl (C=O) groups excluding carboxylic acids is 6. The van der Waals surface area contributed by atoms with Crippen molar-refractivity contribution in [3.8, 4) is 0 Å². The highest BCUT2D eigenvalue weighted by Gasteiger charge is 2.78. The summed E-state index contributed by atoms with van der Waals surface area (Å²) >= 11 is 0. The van der Waals surface area contributed by atoms with Crippen LogP contribution in [0.15, 0.2) is 102 Å². The number of amides is 1. The third kappa shape index (κ3) is 7.29. The van der Waals surface area contributed by atoms with Crippen LogP contribution in [0.2, 0.25) is 0 Å². The number of aliphatic hydroxyl groups is 3. The topological polar surface area (TPSA) is 221 Å². The Bertz CT molecular complexity index is 2280. The maximum absolute atomic E-state index is 15.5. The Morgan fingerprint density at radius 2 is 1.40 bits per heavy atom. The number of aliphatic hydroxyl groups excluding tert-OH is 2. The summed E-state index contributed by atoms with van der Waals surface area (Å²) in [5, 5.41) is 40.2. The Labute approximate surface area is 358 Å². The van der Waals surface area contributed by atoms with Gasteiger partial charge < -0.3 is 44.3 Å². The number of Topliss-reactive ketones (excluding diaryl/α,β-unsaturated/α-hetero) is 1. The molecule has 3 fully saturated rings. The second-order valence-corrected chi connectivity index (χ2v) is 17.4. The molecule has 1 heterocycles. The number of carbonyl (C=O) groups is 6. The number of benzene rings is 3. The fourth-order valence-electron chi connectivity index (χ4n) is 10.2. The van der Waals surface area contributed by atoms with Crippen molar-refractivity contribution in [2.75, 3.05) is 6.61 Å². The first kappa shape index (κ1) is 44.3. The van der Waals surface area contributed by atoms with Crippen LogP contribution in [0.5, 0.6) is 0 Å². The summed E-state index contributed by atoms with van der Waals surface area (Å²) in [6, 6.07) is 22.9. The Hall–Kier alpha value is -5.74. The first-order valence-electron chi connectivity index (χ1n) is 20.5. The number of ether oxygens (including phenoxy) is 5. The van der Waals surface area contributed by atoms with Crippen LogP contribution in [-0.2, 0) is 42.9 Å². The van der Waals surface area contributed by atoms with Crippen molar-refractivity contribution in [2.24, 2.45) is 16.7 Å². The Morgan fingerprint density at radius 3 is 1.95 bits per heavy atom. The number of hydrogen-bond acceptors (Lipinski definition) is 14. The molecule has 15 heteroatoms. The highest BCUT2D eigenvalue weighted by atomic mass is 16.6. The van der Waals surface area contributed by atoms with Gasteiger partial charge in [-0.2, -0.15) is 0 Å². The molecule has 3 aliphatic carbocycles. The molecule has 0 aromatic heterocycles. The molecule has 62 heavy (non-hydrogen) atoms. The molecule has 8 unspecified atom stereocenters. The summed E-state index contributed by atoms with van der Waals surface area (Å²) in [4.78, 5) is 83.5. The molecule has 11 atom stereocenters. The minimum Gasteiger partial charge on any atom is -0.456 e. The lowest BCUT2D eigenvalue weighted by atomic mass is 9.44. The molecule has 3 aromatic carbocycles. The minimum atomic E-state index is -2.39. The molecule has 1 amide bonds. The van der Waals surface area contributed by atoms with E-state index in [1.54, 1.807) is 92.7 Å². The van der Waals surface area contributed by atoms with Gasteiger partial charge in [0.05, 0.1) is 35.6 Å². The Kier molecular flexibility index (Phi) is 11.8. The SMILES string of the molecule is CC(=O)OC1C(=O)[C@@]2(C)C(O)CC3OC[C@@]3(OC(C)=O)C2C(OC(=O)c2ccccc2)[C@]2(O)CC(OC(=O)C(O)C(NC(=O)c3ccccc3)c3ccccc3)C(C)=C1C2(C)C. The Balaban J connectivity index is 1.39. The van der Waals surface area contributed by atoms with E-state index in [1.807, 2.05) is 0 Å². The monoisotopic (exact) mass is 853 g/mol. The van der Waals surface area contributed by atoms with Gasteiger partial charge in [-0.25, -0.2) is 9.59 Å². The molecule has 2 bridgehead atoms. The van der Waals surface area contributed by atoms with Crippen LogP contribution in [0.3, 0.4) is 0 Å². The normalized spacial score (nSPS) is 31.9. The number of hydrogen-bond donors (Lipinski definition) is 4. The van der Waals surface area contributed by atoms with Crippen molar-refractivity contribution < 1.29 is 67.8 Å². The predicted octanol–water partition coefficient (Wildman–Crippen LogP) is 3.74. The van der Waals surface area contributed by atoms with Crippen LogP contribution in [0.1, 0.15) is 86.7 Å². The maximum atomic E-state index is 15.5. The number of fused-ring (bicyclic) bond motifs is 5. The van der Waals surface area contributed by atoms with E-state index in [4.69, 9.17) is 23.7 Å². The van der Waals surface area contributed by atoms with E-state index in [1.165, 1.54) is 26.0 Å². The molecule has 1 aliphatic heterocycles.